The molecule has 0 aliphatic heterocycles. The Labute approximate surface area is 112 Å². The van der Waals surface area contributed by atoms with Crippen LogP contribution >= 0.6 is 11.3 Å². The first-order chi connectivity index (χ1) is 8.15. The van der Waals surface area contributed by atoms with Crippen LogP contribution in [0.15, 0.2) is 17.6 Å². The molecule has 0 atom stereocenters. The van der Waals surface area contributed by atoms with Gasteiger partial charge in [-0.2, -0.15) is 0 Å². The Hall–Kier alpha value is -0.890. The smallest absolute Gasteiger partial charge is 0.0807 e. The highest BCUT2D eigenvalue weighted by atomic mass is 32.1. The quantitative estimate of drug-likeness (QED) is 0.535. The van der Waals surface area contributed by atoms with Crippen LogP contribution in [0.25, 0.3) is 5.57 Å². The largest absolute Gasteiger partial charge is 0.263 e. The summed E-state index contributed by atoms with van der Waals surface area (Å²) in [4.78, 5) is 6.32. The van der Waals surface area contributed by atoms with Crippen molar-refractivity contribution in [3.63, 3.8) is 0 Å². The number of rotatable bonds is 2. The van der Waals surface area contributed by atoms with Crippen molar-refractivity contribution in [2.45, 2.75) is 55.4 Å². The minimum Gasteiger partial charge on any atom is -0.263 e. The molecule has 100 valence electrons. The van der Waals surface area contributed by atoms with Gasteiger partial charge in [0.2, 0.25) is 0 Å². The van der Waals surface area contributed by atoms with Crippen molar-refractivity contribution in [1.82, 2.24) is 0 Å². The third kappa shape index (κ3) is 8.87. The minimum absolute atomic E-state index is 0.958. The van der Waals surface area contributed by atoms with Gasteiger partial charge in [-0.25, -0.2) is 0 Å². The molecule has 0 N–H and O–H groups in total. The van der Waals surface area contributed by atoms with Gasteiger partial charge in [0.1, 0.15) is 0 Å². The van der Waals surface area contributed by atoms with Crippen LogP contribution < -0.4 is 0 Å². The van der Waals surface area contributed by atoms with Crippen LogP contribution in [-0.2, 0) is 0 Å². The Balaban J connectivity index is -0.000000285. The maximum atomic E-state index is 3.91. The zero-order valence-corrected chi connectivity index (χ0v) is 13.7. The third-order valence-corrected chi connectivity index (χ3v) is 2.60. The molecule has 0 bridgehead atoms. The molecular weight excluding hydrogens is 226 g/mol. The van der Waals surface area contributed by atoms with Crippen molar-refractivity contribution >= 4 is 29.3 Å². The molecule has 0 radical (unpaired) electrons. The molecule has 1 heterocycles. The molecule has 1 aromatic rings. The monoisotopic (exact) mass is 255 g/mol. The SMILES string of the molecule is C=Nc1cc(C)sc1C(=C)C.CC.CC.CC. The number of aliphatic imine (C=N–C) groups is 1. The normalized spacial score (nSPS) is 7.29. The summed E-state index contributed by atoms with van der Waals surface area (Å²) < 4.78 is 0. The first-order valence-electron chi connectivity index (χ1n) is 6.38. The number of aryl methyl sites for hydroxylation is 1. The highest BCUT2D eigenvalue weighted by molar-refractivity contribution is 7.13. The van der Waals surface area contributed by atoms with Crippen molar-refractivity contribution in [2.75, 3.05) is 0 Å². The predicted octanol–water partition coefficient (Wildman–Crippen LogP) is 6.50. The van der Waals surface area contributed by atoms with E-state index in [1.54, 1.807) is 11.3 Å². The summed E-state index contributed by atoms with van der Waals surface area (Å²) in [6, 6.07) is 2.03. The number of hydrogen-bond donors (Lipinski definition) is 0. The fraction of sp³-hybridized carbons (Fsp3) is 0.533. The molecule has 0 amide bonds. The summed E-state index contributed by atoms with van der Waals surface area (Å²) in [6.45, 7) is 23.4. The molecule has 0 saturated heterocycles. The molecule has 0 fully saturated rings. The first-order valence-corrected chi connectivity index (χ1v) is 7.20. The van der Waals surface area contributed by atoms with E-state index in [1.165, 1.54) is 4.88 Å². The molecule has 1 aromatic heterocycles. The summed E-state index contributed by atoms with van der Waals surface area (Å²) in [5.41, 5.74) is 2.02. The average Bonchev–Trinajstić information content (AvgIpc) is 2.78. The lowest BCUT2D eigenvalue weighted by molar-refractivity contribution is 1.50. The summed E-state index contributed by atoms with van der Waals surface area (Å²) in [6.07, 6.45) is 0. The van der Waals surface area contributed by atoms with Gasteiger partial charge in [-0.05, 0) is 32.2 Å². The highest BCUT2D eigenvalue weighted by Crippen LogP contribution is 2.33. The van der Waals surface area contributed by atoms with E-state index >= 15 is 0 Å². The number of nitrogens with zero attached hydrogens (tertiary/aromatic N) is 1. The van der Waals surface area contributed by atoms with Crippen LogP contribution in [-0.4, -0.2) is 6.72 Å². The molecule has 1 rings (SSSR count). The van der Waals surface area contributed by atoms with Crippen LogP contribution in [0, 0.1) is 6.92 Å². The average molecular weight is 255 g/mol. The van der Waals surface area contributed by atoms with Crippen molar-refractivity contribution in [1.29, 1.82) is 0 Å². The van der Waals surface area contributed by atoms with Crippen LogP contribution in [0.1, 0.15) is 58.2 Å². The number of allylic oxidation sites excluding steroid dienone is 1. The van der Waals surface area contributed by atoms with E-state index in [0.29, 0.717) is 0 Å². The van der Waals surface area contributed by atoms with Gasteiger partial charge in [-0.1, -0.05) is 48.1 Å². The summed E-state index contributed by atoms with van der Waals surface area (Å²) in [7, 11) is 0. The van der Waals surface area contributed by atoms with E-state index in [9.17, 15) is 0 Å². The van der Waals surface area contributed by atoms with E-state index in [0.717, 1.165) is 16.1 Å². The number of hydrogen-bond acceptors (Lipinski definition) is 2. The molecule has 17 heavy (non-hydrogen) atoms. The van der Waals surface area contributed by atoms with Gasteiger partial charge in [-0.3, -0.25) is 4.99 Å². The van der Waals surface area contributed by atoms with Gasteiger partial charge < -0.3 is 0 Å². The molecular formula is C15H29NS. The maximum absolute atomic E-state index is 3.91. The molecule has 0 aliphatic carbocycles. The fourth-order valence-electron chi connectivity index (χ4n) is 0.924. The Morgan fingerprint density at radius 2 is 1.53 bits per heavy atom. The molecule has 0 spiro atoms. The summed E-state index contributed by atoms with van der Waals surface area (Å²) in [5.74, 6) is 0. The summed E-state index contributed by atoms with van der Waals surface area (Å²) >= 11 is 1.71. The molecule has 0 saturated carbocycles. The van der Waals surface area contributed by atoms with Crippen molar-refractivity contribution in [2.24, 2.45) is 4.99 Å². The number of thiophene rings is 1. The predicted molar refractivity (Wildman–Crippen MR) is 87.0 cm³/mol. The Morgan fingerprint density at radius 1 is 1.12 bits per heavy atom. The molecule has 1 nitrogen and oxygen atoms in total. The van der Waals surface area contributed by atoms with Gasteiger partial charge >= 0.3 is 0 Å². The minimum atomic E-state index is 0.958. The molecule has 0 aromatic carbocycles. The van der Waals surface area contributed by atoms with E-state index in [2.05, 4.69) is 25.2 Å². The van der Waals surface area contributed by atoms with E-state index in [-0.39, 0.29) is 0 Å². The highest BCUT2D eigenvalue weighted by Gasteiger charge is 2.04. The maximum Gasteiger partial charge on any atom is 0.0807 e. The Bertz CT molecular complexity index is 298. The zero-order chi connectivity index (χ0) is 14.4. The van der Waals surface area contributed by atoms with Crippen molar-refractivity contribution in [3.05, 3.63) is 22.4 Å². The Morgan fingerprint density at radius 3 is 1.76 bits per heavy atom. The fourth-order valence-corrected chi connectivity index (χ4v) is 1.82. The van der Waals surface area contributed by atoms with Gasteiger partial charge in [0.05, 0.1) is 10.6 Å². The van der Waals surface area contributed by atoms with E-state index < -0.39 is 0 Å². The van der Waals surface area contributed by atoms with Gasteiger partial charge in [-0.15, -0.1) is 11.3 Å². The molecule has 0 aliphatic rings. The van der Waals surface area contributed by atoms with Gasteiger partial charge in [0, 0.05) is 4.88 Å². The topological polar surface area (TPSA) is 12.4 Å². The van der Waals surface area contributed by atoms with Crippen LogP contribution in [0.5, 0.6) is 0 Å². The van der Waals surface area contributed by atoms with Crippen LogP contribution in [0.2, 0.25) is 0 Å². The summed E-state index contributed by atoms with van der Waals surface area (Å²) in [5, 5.41) is 0. The van der Waals surface area contributed by atoms with Gasteiger partial charge in [0.25, 0.3) is 0 Å². The standard InChI is InChI=1S/C9H11NS.3C2H6/c1-6(2)9-8(10-4)5-7(3)11-9;3*1-2/h5H,1,4H2,2-3H3;3*1-2H3. The molecule has 0 unspecified atom stereocenters. The van der Waals surface area contributed by atoms with E-state index in [1.807, 2.05) is 54.5 Å². The second-order valence-corrected chi connectivity index (χ2v) is 3.77. The van der Waals surface area contributed by atoms with E-state index in [4.69, 9.17) is 0 Å². The lowest BCUT2D eigenvalue weighted by Gasteiger charge is -1.93. The second kappa shape index (κ2) is 15.1. The molecule has 2 heteroatoms. The second-order valence-electron chi connectivity index (χ2n) is 2.51. The van der Waals surface area contributed by atoms with Crippen LogP contribution in [0.4, 0.5) is 5.69 Å². The van der Waals surface area contributed by atoms with Crippen molar-refractivity contribution < 1.29 is 0 Å². The lowest BCUT2D eigenvalue weighted by Crippen LogP contribution is -1.67. The third-order valence-electron chi connectivity index (χ3n) is 1.39. The van der Waals surface area contributed by atoms with Crippen molar-refractivity contribution in [3.8, 4) is 0 Å². The van der Waals surface area contributed by atoms with Gasteiger partial charge in [0.15, 0.2) is 0 Å². The Kier molecular flexibility index (Phi) is 19.0. The first kappa shape index (κ1) is 21.4. The zero-order valence-electron chi connectivity index (χ0n) is 12.8. The van der Waals surface area contributed by atoms with Crippen LogP contribution in [0.3, 0.4) is 0 Å². The lowest BCUT2D eigenvalue weighted by atomic mass is 10.2.